The van der Waals surface area contributed by atoms with Crippen LogP contribution < -0.4 is 20.4 Å². The molecule has 0 bridgehead atoms. The molecule has 1 unspecified atom stereocenters. The Kier molecular flexibility index (Phi) is 6.04. The quantitative estimate of drug-likeness (QED) is 0.466. The summed E-state index contributed by atoms with van der Waals surface area (Å²) < 4.78 is 56.9. The molecule has 3 N–H and O–H groups in total. The molecule has 0 aliphatic carbocycles. The lowest BCUT2D eigenvalue weighted by atomic mass is 9.93. The van der Waals surface area contributed by atoms with Crippen LogP contribution in [-0.2, 0) is 11.3 Å². The minimum Gasteiger partial charge on any atom is -0.381 e. The molecule has 5 heterocycles. The Bertz CT molecular complexity index is 1230. The number of halogens is 4. The van der Waals surface area contributed by atoms with Gasteiger partial charge in [0.25, 0.3) is 11.8 Å². The van der Waals surface area contributed by atoms with Crippen LogP contribution in [0.3, 0.4) is 0 Å². The highest BCUT2D eigenvalue weighted by atomic mass is 19.3. The molecule has 37 heavy (non-hydrogen) atoms. The molecular weight excluding hydrogens is 496 g/mol. The van der Waals surface area contributed by atoms with E-state index >= 15 is 0 Å². The minimum atomic E-state index is -2.83. The third-order valence-corrected chi connectivity index (χ3v) is 7.22. The monoisotopic (exact) mass is 525 g/mol. The van der Waals surface area contributed by atoms with Crippen molar-refractivity contribution < 1.29 is 27.2 Å². The van der Waals surface area contributed by atoms with Crippen LogP contribution in [0.4, 0.5) is 40.6 Å². The van der Waals surface area contributed by atoms with Crippen LogP contribution in [0.1, 0.15) is 23.2 Å². The predicted octanol–water partition coefficient (Wildman–Crippen LogP) is 1.86. The van der Waals surface area contributed by atoms with Crippen LogP contribution in [-0.4, -0.2) is 90.4 Å². The molecule has 0 saturated carbocycles. The topological polar surface area (TPSA) is 109 Å². The molecule has 3 aliphatic heterocycles. The van der Waals surface area contributed by atoms with Crippen molar-refractivity contribution in [2.24, 2.45) is 5.92 Å². The lowest BCUT2D eigenvalue weighted by Gasteiger charge is -2.42. The van der Waals surface area contributed by atoms with Gasteiger partial charge < -0.3 is 20.9 Å². The predicted molar refractivity (Wildman–Crippen MR) is 129 cm³/mol. The molecule has 2 fully saturated rings. The number of piperidine rings is 1. The summed E-state index contributed by atoms with van der Waals surface area (Å²) in [4.78, 5) is 32.6. The first-order valence-electron chi connectivity index (χ1n) is 12.1. The number of nitrogens with one attached hydrogen (secondary N) is 1. The summed E-state index contributed by atoms with van der Waals surface area (Å²) in [5, 5.41) is 6.84. The summed E-state index contributed by atoms with van der Waals surface area (Å²) in [5.41, 5.74) is 6.36. The Labute approximate surface area is 210 Å². The van der Waals surface area contributed by atoms with Crippen molar-refractivity contribution in [3.63, 3.8) is 0 Å². The Morgan fingerprint density at radius 2 is 1.86 bits per heavy atom. The molecule has 3 aliphatic rings. The summed E-state index contributed by atoms with van der Waals surface area (Å²) in [6.45, 7) is -0.436. The molecule has 1 atom stereocenters. The van der Waals surface area contributed by atoms with Crippen molar-refractivity contribution in [2.45, 2.75) is 31.5 Å². The van der Waals surface area contributed by atoms with E-state index in [4.69, 9.17) is 5.73 Å². The van der Waals surface area contributed by atoms with E-state index in [-0.39, 0.29) is 59.3 Å². The highest BCUT2D eigenvalue weighted by molar-refractivity contribution is 6.11. The van der Waals surface area contributed by atoms with Crippen LogP contribution in [0, 0.1) is 11.7 Å². The summed E-state index contributed by atoms with van der Waals surface area (Å²) in [6.07, 6.45) is 1.91. The highest BCUT2D eigenvalue weighted by Gasteiger charge is 2.48. The van der Waals surface area contributed by atoms with Gasteiger partial charge in [-0.25, -0.2) is 22.2 Å². The van der Waals surface area contributed by atoms with E-state index in [0.29, 0.717) is 18.7 Å². The van der Waals surface area contributed by atoms with Crippen LogP contribution in [0.5, 0.6) is 0 Å². The van der Waals surface area contributed by atoms with Gasteiger partial charge in [-0.1, -0.05) is 0 Å². The Hall–Kier alpha value is -3.42. The van der Waals surface area contributed by atoms with Gasteiger partial charge in [-0.05, 0) is 12.8 Å². The zero-order valence-electron chi connectivity index (χ0n) is 20.6. The largest absolute Gasteiger partial charge is 0.381 e. The fourth-order valence-corrected chi connectivity index (χ4v) is 5.56. The average Bonchev–Trinajstić information content (AvgIpc) is 3.13. The number of likely N-dealkylation sites (tertiary alicyclic amines) is 1. The van der Waals surface area contributed by atoms with Crippen molar-refractivity contribution in [1.29, 1.82) is 0 Å². The molecule has 2 saturated heterocycles. The number of fused-ring (bicyclic) bond motifs is 1. The molecule has 0 aromatic carbocycles. The SMILES string of the molecule is C[N+]1(C)CC(F)Cn2nc(N)c(C(=O)Nc3cncc(F)c3N3CCC(C(=O)N4CC(F)(F)C4)CC3)c21. The molecule has 200 valence electrons. The van der Waals surface area contributed by atoms with E-state index in [2.05, 4.69) is 15.4 Å². The maximum Gasteiger partial charge on any atom is 0.282 e. The van der Waals surface area contributed by atoms with Gasteiger partial charge in [-0.2, -0.15) is 0 Å². The van der Waals surface area contributed by atoms with E-state index in [0.717, 1.165) is 11.1 Å². The second-order valence-electron chi connectivity index (χ2n) is 10.5. The molecule has 10 nitrogen and oxygen atoms in total. The molecule has 2 aromatic rings. The number of rotatable bonds is 4. The normalized spacial score (nSPS) is 22.8. The maximum atomic E-state index is 15.0. The van der Waals surface area contributed by atoms with Crippen molar-refractivity contribution in [3.8, 4) is 0 Å². The lowest BCUT2D eigenvalue weighted by molar-refractivity contribution is -0.170. The van der Waals surface area contributed by atoms with E-state index in [1.807, 2.05) is 0 Å². The minimum absolute atomic E-state index is 0.0238. The summed E-state index contributed by atoms with van der Waals surface area (Å²) in [5.74, 6) is -4.46. The number of nitrogens with zero attached hydrogens (tertiary/aromatic N) is 6. The summed E-state index contributed by atoms with van der Waals surface area (Å²) in [7, 11) is 3.49. The number of carbonyl (C=O) groups excluding carboxylic acids is 2. The van der Waals surface area contributed by atoms with Gasteiger partial charge in [-0.3, -0.25) is 19.1 Å². The number of nitrogens with two attached hydrogens (primary N) is 1. The van der Waals surface area contributed by atoms with Crippen LogP contribution in [0.2, 0.25) is 0 Å². The second-order valence-corrected chi connectivity index (χ2v) is 10.5. The molecule has 2 aromatic heterocycles. The number of amides is 2. The van der Waals surface area contributed by atoms with E-state index in [9.17, 15) is 27.2 Å². The number of hydrogen-bond acceptors (Lipinski definition) is 6. The number of quaternary nitrogens is 1. The first kappa shape index (κ1) is 25.2. The Morgan fingerprint density at radius 1 is 1.19 bits per heavy atom. The highest BCUT2D eigenvalue weighted by Crippen LogP contribution is 2.37. The number of hydrogen-bond donors (Lipinski definition) is 2. The molecule has 0 spiro atoms. The molecular formula is C23H29F4N8O2+. The Morgan fingerprint density at radius 3 is 2.51 bits per heavy atom. The van der Waals surface area contributed by atoms with Gasteiger partial charge in [-0.15, -0.1) is 5.10 Å². The molecule has 0 radical (unpaired) electrons. The molecule has 2 amide bonds. The van der Waals surface area contributed by atoms with Crippen LogP contribution in [0.15, 0.2) is 12.4 Å². The molecule has 5 rings (SSSR count). The number of alkyl halides is 3. The van der Waals surface area contributed by atoms with E-state index in [1.165, 1.54) is 10.9 Å². The van der Waals surface area contributed by atoms with Gasteiger partial charge in [0.15, 0.2) is 23.4 Å². The maximum absolute atomic E-state index is 15.0. The van der Waals surface area contributed by atoms with Crippen LogP contribution in [0.25, 0.3) is 0 Å². The van der Waals surface area contributed by atoms with Crippen molar-refractivity contribution >= 4 is 34.8 Å². The smallest absolute Gasteiger partial charge is 0.282 e. The van der Waals surface area contributed by atoms with Crippen molar-refractivity contribution in [3.05, 3.63) is 23.8 Å². The van der Waals surface area contributed by atoms with Gasteiger partial charge in [0.05, 0.1) is 51.8 Å². The van der Waals surface area contributed by atoms with Crippen molar-refractivity contribution in [1.82, 2.24) is 24.1 Å². The van der Waals surface area contributed by atoms with Gasteiger partial charge in [0, 0.05) is 19.0 Å². The number of nitrogen functional groups attached to an aromatic ring is 1. The first-order chi connectivity index (χ1) is 17.4. The number of carbonyl (C=O) groups is 2. The fourth-order valence-electron chi connectivity index (χ4n) is 5.56. The summed E-state index contributed by atoms with van der Waals surface area (Å²) >= 11 is 0. The van der Waals surface area contributed by atoms with Gasteiger partial charge >= 0.3 is 0 Å². The zero-order valence-corrected chi connectivity index (χ0v) is 20.6. The first-order valence-corrected chi connectivity index (χ1v) is 12.1. The third-order valence-electron chi connectivity index (χ3n) is 7.22. The molecule has 14 heteroatoms. The number of pyridine rings is 1. The second kappa shape index (κ2) is 8.85. The van der Waals surface area contributed by atoms with E-state index in [1.54, 1.807) is 19.0 Å². The fraction of sp³-hybridized carbons (Fsp3) is 0.565. The van der Waals surface area contributed by atoms with E-state index < -0.39 is 42.8 Å². The van der Waals surface area contributed by atoms with Crippen molar-refractivity contribution in [2.75, 3.05) is 62.8 Å². The lowest BCUT2D eigenvalue weighted by Crippen LogP contribution is -2.60. The standard InChI is InChI=1S/C23H28F4N8O2/c1-35(2)10-14(24)9-34-21(35)17(19(28)31-34)20(36)30-16-8-29-7-15(25)18(16)32-5-3-13(4-6-32)22(37)33-11-23(26,27)12-33/h7-8,13-14H,3-6,9-12H2,1-2H3,(H2-,28,30,31,36)/p+1. The number of anilines is 3. The van der Waals surface area contributed by atoms with Gasteiger partial charge in [0.2, 0.25) is 11.7 Å². The summed E-state index contributed by atoms with van der Waals surface area (Å²) in [6, 6.07) is 0. The number of aromatic nitrogens is 3. The third kappa shape index (κ3) is 4.58. The average molecular weight is 526 g/mol. The van der Waals surface area contributed by atoms with Gasteiger partial charge in [0.1, 0.15) is 12.2 Å². The Balaban J connectivity index is 1.34. The van der Waals surface area contributed by atoms with Crippen LogP contribution >= 0.6 is 0 Å². The zero-order chi connectivity index (χ0) is 26.7.